The van der Waals surface area contributed by atoms with Crippen LogP contribution in [0.15, 0.2) is 42.6 Å². The van der Waals surface area contributed by atoms with E-state index in [1.165, 1.54) is 0 Å². The number of halogens is 2. The van der Waals surface area contributed by atoms with E-state index >= 15 is 0 Å². The molecule has 1 amide bonds. The van der Waals surface area contributed by atoms with Crippen molar-refractivity contribution in [1.29, 1.82) is 0 Å². The van der Waals surface area contributed by atoms with Gasteiger partial charge in [-0.25, -0.2) is 14.2 Å². The molecule has 27 heavy (non-hydrogen) atoms. The number of benzene rings is 1. The summed E-state index contributed by atoms with van der Waals surface area (Å²) in [5, 5.41) is 2.63. The fraction of sp³-hybridized carbons (Fsp3) is 0.350. The summed E-state index contributed by atoms with van der Waals surface area (Å²) in [6.45, 7) is 0.125. The Balaban J connectivity index is 1.76. The average molecular weight is 391 g/mol. The van der Waals surface area contributed by atoms with Crippen LogP contribution in [-0.4, -0.2) is 22.4 Å². The van der Waals surface area contributed by atoms with Gasteiger partial charge in [0, 0.05) is 0 Å². The van der Waals surface area contributed by atoms with E-state index in [9.17, 15) is 14.0 Å². The molecule has 1 aliphatic carbocycles. The number of carbonyl (C=O) groups is 2. The minimum atomic E-state index is -1.14. The van der Waals surface area contributed by atoms with Crippen molar-refractivity contribution in [3.8, 4) is 0 Å². The second-order valence-corrected chi connectivity index (χ2v) is 7.01. The SMILES string of the molecule is O=C(NC1(C(=O)OCc2ccccc2)CCCCC1)c1cc(F)cnc1Cl. The van der Waals surface area contributed by atoms with E-state index in [0.717, 1.165) is 37.1 Å². The van der Waals surface area contributed by atoms with Gasteiger partial charge in [0.05, 0.1) is 11.8 Å². The molecule has 0 bridgehead atoms. The third-order valence-corrected chi connectivity index (χ3v) is 5.01. The van der Waals surface area contributed by atoms with E-state index in [1.807, 2.05) is 30.3 Å². The number of aromatic nitrogens is 1. The van der Waals surface area contributed by atoms with Crippen molar-refractivity contribution in [1.82, 2.24) is 10.3 Å². The normalized spacial score (nSPS) is 15.8. The van der Waals surface area contributed by atoms with E-state index in [4.69, 9.17) is 16.3 Å². The zero-order valence-corrected chi connectivity index (χ0v) is 15.5. The number of nitrogens with one attached hydrogen (secondary N) is 1. The molecule has 2 aromatic rings. The molecule has 3 rings (SSSR count). The molecular weight excluding hydrogens is 371 g/mol. The quantitative estimate of drug-likeness (QED) is 0.617. The summed E-state index contributed by atoms with van der Waals surface area (Å²) < 4.78 is 18.9. The van der Waals surface area contributed by atoms with Crippen molar-refractivity contribution in [2.24, 2.45) is 0 Å². The zero-order valence-electron chi connectivity index (χ0n) is 14.7. The molecule has 1 heterocycles. The molecule has 0 unspecified atom stereocenters. The maximum atomic E-state index is 13.5. The Kier molecular flexibility index (Phi) is 6.06. The Bertz CT molecular complexity index is 823. The second kappa shape index (κ2) is 8.48. The van der Waals surface area contributed by atoms with Crippen LogP contribution in [0.25, 0.3) is 0 Å². The molecule has 1 fully saturated rings. The number of amides is 1. The minimum Gasteiger partial charge on any atom is -0.459 e. The third-order valence-electron chi connectivity index (χ3n) is 4.71. The number of rotatable bonds is 5. The smallest absolute Gasteiger partial charge is 0.332 e. The maximum absolute atomic E-state index is 13.5. The van der Waals surface area contributed by atoms with E-state index in [-0.39, 0.29) is 17.3 Å². The number of esters is 1. The van der Waals surface area contributed by atoms with Gasteiger partial charge in [-0.05, 0) is 24.5 Å². The number of hydrogen-bond acceptors (Lipinski definition) is 4. The minimum absolute atomic E-state index is 0.0996. The molecule has 142 valence electrons. The first kappa shape index (κ1) is 19.3. The van der Waals surface area contributed by atoms with Crippen molar-refractivity contribution >= 4 is 23.5 Å². The first-order valence-corrected chi connectivity index (χ1v) is 9.23. The van der Waals surface area contributed by atoms with Crippen LogP contribution in [0.1, 0.15) is 48.0 Å². The molecule has 0 atom stereocenters. The van der Waals surface area contributed by atoms with Crippen LogP contribution in [-0.2, 0) is 16.1 Å². The van der Waals surface area contributed by atoms with Gasteiger partial charge in [-0.1, -0.05) is 61.2 Å². The number of hydrogen-bond donors (Lipinski definition) is 1. The molecule has 1 aromatic carbocycles. The lowest BCUT2D eigenvalue weighted by Crippen LogP contribution is -2.56. The molecule has 1 N–H and O–H groups in total. The van der Waals surface area contributed by atoms with Gasteiger partial charge in [-0.15, -0.1) is 0 Å². The van der Waals surface area contributed by atoms with Crippen LogP contribution >= 0.6 is 11.6 Å². The van der Waals surface area contributed by atoms with Crippen molar-refractivity contribution in [2.45, 2.75) is 44.2 Å². The Hall–Kier alpha value is -2.47. The average Bonchev–Trinajstić information content (AvgIpc) is 2.69. The highest BCUT2D eigenvalue weighted by Crippen LogP contribution is 2.30. The number of pyridine rings is 1. The van der Waals surface area contributed by atoms with Crippen molar-refractivity contribution in [3.63, 3.8) is 0 Å². The van der Waals surface area contributed by atoms with Crippen LogP contribution in [0.4, 0.5) is 4.39 Å². The molecule has 1 aromatic heterocycles. The molecule has 0 spiro atoms. The molecular formula is C20H20ClFN2O3. The Morgan fingerprint density at radius 3 is 2.59 bits per heavy atom. The van der Waals surface area contributed by atoms with Crippen molar-refractivity contribution < 1.29 is 18.7 Å². The van der Waals surface area contributed by atoms with Gasteiger partial charge < -0.3 is 10.1 Å². The number of nitrogens with zero attached hydrogens (tertiary/aromatic N) is 1. The Labute approximate surface area is 161 Å². The molecule has 1 aliphatic rings. The second-order valence-electron chi connectivity index (χ2n) is 6.65. The van der Waals surface area contributed by atoms with Crippen LogP contribution in [0.5, 0.6) is 0 Å². The monoisotopic (exact) mass is 390 g/mol. The van der Waals surface area contributed by atoms with Gasteiger partial charge in [0.25, 0.3) is 5.91 Å². The predicted molar refractivity (Wildman–Crippen MR) is 98.7 cm³/mol. The lowest BCUT2D eigenvalue weighted by atomic mass is 9.81. The van der Waals surface area contributed by atoms with E-state index in [2.05, 4.69) is 10.3 Å². The molecule has 0 saturated heterocycles. The third kappa shape index (κ3) is 4.63. The zero-order chi connectivity index (χ0) is 19.3. The van der Waals surface area contributed by atoms with Crippen LogP contribution in [0.2, 0.25) is 5.15 Å². The Morgan fingerprint density at radius 1 is 1.19 bits per heavy atom. The van der Waals surface area contributed by atoms with E-state index < -0.39 is 23.2 Å². The predicted octanol–water partition coefficient (Wildman–Crippen LogP) is 4.05. The standard InChI is InChI=1S/C20H20ClFN2O3/c21-17-16(11-15(22)12-23-17)18(25)24-20(9-5-2-6-10-20)19(26)27-13-14-7-3-1-4-8-14/h1,3-4,7-8,11-12H,2,5-6,9-10,13H2,(H,24,25). The van der Waals surface area contributed by atoms with Gasteiger partial charge in [-0.3, -0.25) is 4.79 Å². The number of carbonyl (C=O) groups excluding carboxylic acids is 2. The first-order chi connectivity index (χ1) is 13.0. The fourth-order valence-electron chi connectivity index (χ4n) is 3.26. The molecule has 0 radical (unpaired) electrons. The highest BCUT2D eigenvalue weighted by Gasteiger charge is 2.42. The van der Waals surface area contributed by atoms with Crippen LogP contribution < -0.4 is 5.32 Å². The first-order valence-electron chi connectivity index (χ1n) is 8.85. The maximum Gasteiger partial charge on any atom is 0.332 e. The van der Waals surface area contributed by atoms with Crippen molar-refractivity contribution in [2.75, 3.05) is 0 Å². The summed E-state index contributed by atoms with van der Waals surface area (Å²) >= 11 is 5.92. The lowest BCUT2D eigenvalue weighted by molar-refractivity contribution is -0.154. The van der Waals surface area contributed by atoms with Gasteiger partial charge in [0.15, 0.2) is 0 Å². The summed E-state index contributed by atoms with van der Waals surface area (Å²) in [6, 6.07) is 10.3. The van der Waals surface area contributed by atoms with Gasteiger partial charge in [-0.2, -0.15) is 0 Å². The summed E-state index contributed by atoms with van der Waals surface area (Å²) in [5.41, 5.74) is -0.377. The topological polar surface area (TPSA) is 68.3 Å². The Morgan fingerprint density at radius 2 is 1.89 bits per heavy atom. The highest BCUT2D eigenvalue weighted by atomic mass is 35.5. The number of ether oxygens (including phenoxy) is 1. The summed E-state index contributed by atoms with van der Waals surface area (Å²) in [6.07, 6.45) is 4.42. The van der Waals surface area contributed by atoms with Gasteiger partial charge in [0.1, 0.15) is 23.1 Å². The lowest BCUT2D eigenvalue weighted by Gasteiger charge is -2.35. The summed E-state index contributed by atoms with van der Waals surface area (Å²) in [5.74, 6) is -1.79. The van der Waals surface area contributed by atoms with Gasteiger partial charge in [0.2, 0.25) is 0 Å². The molecule has 7 heteroatoms. The largest absolute Gasteiger partial charge is 0.459 e. The summed E-state index contributed by atoms with van der Waals surface area (Å²) in [7, 11) is 0. The summed E-state index contributed by atoms with van der Waals surface area (Å²) in [4.78, 5) is 29.2. The van der Waals surface area contributed by atoms with Crippen LogP contribution in [0.3, 0.4) is 0 Å². The fourth-order valence-corrected chi connectivity index (χ4v) is 3.45. The van der Waals surface area contributed by atoms with Crippen molar-refractivity contribution in [3.05, 3.63) is 64.7 Å². The van der Waals surface area contributed by atoms with Crippen LogP contribution in [0, 0.1) is 5.82 Å². The molecule has 1 saturated carbocycles. The molecule has 5 nitrogen and oxygen atoms in total. The van der Waals surface area contributed by atoms with E-state index in [1.54, 1.807) is 0 Å². The molecule has 0 aliphatic heterocycles. The van der Waals surface area contributed by atoms with Gasteiger partial charge >= 0.3 is 5.97 Å². The van der Waals surface area contributed by atoms with E-state index in [0.29, 0.717) is 12.8 Å². The highest BCUT2D eigenvalue weighted by molar-refractivity contribution is 6.32.